The molecule has 0 unspecified atom stereocenters. The van der Waals surface area contributed by atoms with Gasteiger partial charge in [-0.3, -0.25) is 4.79 Å². The number of carbonyl (C=O) groups excluding carboxylic acids is 1. The van der Waals surface area contributed by atoms with Crippen LogP contribution in [0.5, 0.6) is 0 Å². The zero-order valence-corrected chi connectivity index (χ0v) is 17.8. The third-order valence-corrected chi connectivity index (χ3v) is 7.77. The van der Waals surface area contributed by atoms with Crippen LogP contribution in [0.1, 0.15) is 55.1 Å². The fourth-order valence-corrected chi connectivity index (χ4v) is 4.97. The van der Waals surface area contributed by atoms with Crippen molar-refractivity contribution in [2.45, 2.75) is 58.4 Å². The van der Waals surface area contributed by atoms with Crippen molar-refractivity contribution in [1.82, 2.24) is 9.62 Å². The van der Waals surface area contributed by atoms with E-state index in [1.807, 2.05) is 20.8 Å². The number of hydrogen-bond acceptors (Lipinski definition) is 4. The molecule has 7 heteroatoms. The lowest BCUT2D eigenvalue weighted by atomic mass is 10.0. The van der Waals surface area contributed by atoms with Crippen LogP contribution in [0.4, 0.5) is 0 Å². The van der Waals surface area contributed by atoms with Gasteiger partial charge in [-0.25, -0.2) is 8.42 Å². The molecule has 1 aromatic rings. The number of aliphatic hydroxyl groups is 1. The maximum absolute atomic E-state index is 13.2. The summed E-state index contributed by atoms with van der Waals surface area (Å²) in [6, 6.07) is 2.99. The van der Waals surface area contributed by atoms with Crippen molar-refractivity contribution in [3.8, 4) is 0 Å². The highest BCUT2D eigenvalue weighted by Crippen LogP contribution is 2.28. The molecule has 1 amide bonds. The molecule has 1 aromatic carbocycles. The molecule has 0 aromatic heterocycles. The molecule has 1 saturated heterocycles. The minimum absolute atomic E-state index is 0.0264. The Morgan fingerprint density at radius 2 is 1.85 bits per heavy atom. The van der Waals surface area contributed by atoms with Crippen LogP contribution in [0.15, 0.2) is 17.0 Å². The van der Waals surface area contributed by atoms with Gasteiger partial charge in [0.2, 0.25) is 10.0 Å². The minimum Gasteiger partial charge on any atom is -0.396 e. The molecular weight excluding hydrogens is 364 g/mol. The zero-order chi connectivity index (χ0) is 20.4. The van der Waals surface area contributed by atoms with Crippen LogP contribution < -0.4 is 5.32 Å². The Bertz CT molecular complexity index is 783. The Morgan fingerprint density at radius 1 is 1.26 bits per heavy atom. The van der Waals surface area contributed by atoms with E-state index in [4.69, 9.17) is 0 Å². The van der Waals surface area contributed by atoms with Gasteiger partial charge in [0, 0.05) is 31.3 Å². The Balaban J connectivity index is 2.34. The molecule has 1 aliphatic rings. The number of piperidine rings is 1. The molecule has 2 rings (SSSR count). The number of aryl methyl sites for hydroxylation is 1. The summed E-state index contributed by atoms with van der Waals surface area (Å²) >= 11 is 0. The van der Waals surface area contributed by atoms with Crippen molar-refractivity contribution in [3.05, 3.63) is 28.8 Å². The van der Waals surface area contributed by atoms with Crippen LogP contribution in [0, 0.1) is 25.7 Å². The third kappa shape index (κ3) is 4.89. The Kier molecular flexibility index (Phi) is 7.05. The normalized spacial score (nSPS) is 18.9. The van der Waals surface area contributed by atoms with Gasteiger partial charge in [0.1, 0.15) is 0 Å². The molecule has 152 valence electrons. The fourth-order valence-electron chi connectivity index (χ4n) is 3.18. The van der Waals surface area contributed by atoms with Crippen LogP contribution in [0.3, 0.4) is 0 Å². The van der Waals surface area contributed by atoms with E-state index in [0.29, 0.717) is 30.1 Å². The summed E-state index contributed by atoms with van der Waals surface area (Å²) in [5.74, 6) is 0.125. The topological polar surface area (TPSA) is 86.7 Å². The Morgan fingerprint density at radius 3 is 2.41 bits per heavy atom. The number of benzene rings is 1. The number of rotatable bonds is 6. The van der Waals surface area contributed by atoms with Gasteiger partial charge in [-0.05, 0) is 68.7 Å². The van der Waals surface area contributed by atoms with Crippen molar-refractivity contribution < 1.29 is 18.3 Å². The van der Waals surface area contributed by atoms with Crippen molar-refractivity contribution in [1.29, 1.82) is 0 Å². The standard InChI is InChI=1S/C20H32N2O4S/c1-13-6-8-22(9-7-13)27(25,26)19-11-18(10-14(2)16(19)4)20(24)21-17(5)15(3)12-23/h10-11,13,15,17,23H,6-9,12H2,1-5H3,(H,21,24)/t15-,17+/m1/s1. The summed E-state index contributed by atoms with van der Waals surface area (Å²) in [4.78, 5) is 12.8. The van der Waals surface area contributed by atoms with E-state index < -0.39 is 10.0 Å². The first-order valence-electron chi connectivity index (χ1n) is 9.61. The van der Waals surface area contributed by atoms with E-state index in [2.05, 4.69) is 12.2 Å². The van der Waals surface area contributed by atoms with E-state index in [-0.39, 0.29) is 29.4 Å². The molecule has 6 nitrogen and oxygen atoms in total. The number of carbonyl (C=O) groups is 1. The molecule has 1 aliphatic heterocycles. The fraction of sp³-hybridized carbons (Fsp3) is 0.650. The molecule has 0 aliphatic carbocycles. The average Bonchev–Trinajstić information content (AvgIpc) is 2.63. The van der Waals surface area contributed by atoms with Crippen LogP contribution in [-0.2, 0) is 10.0 Å². The highest BCUT2D eigenvalue weighted by atomic mass is 32.2. The van der Waals surface area contributed by atoms with Crippen molar-refractivity contribution in [3.63, 3.8) is 0 Å². The van der Waals surface area contributed by atoms with E-state index in [1.54, 1.807) is 13.0 Å². The van der Waals surface area contributed by atoms with Gasteiger partial charge in [0.05, 0.1) is 4.90 Å². The highest BCUT2D eigenvalue weighted by molar-refractivity contribution is 7.89. The highest BCUT2D eigenvalue weighted by Gasteiger charge is 2.30. The number of sulfonamides is 1. The molecule has 1 heterocycles. The average molecular weight is 397 g/mol. The zero-order valence-electron chi connectivity index (χ0n) is 16.9. The van der Waals surface area contributed by atoms with Crippen LogP contribution >= 0.6 is 0 Å². The molecular formula is C20H32N2O4S. The second-order valence-electron chi connectivity index (χ2n) is 7.92. The first-order chi connectivity index (χ1) is 12.6. The lowest BCUT2D eigenvalue weighted by molar-refractivity contribution is 0.0916. The lowest BCUT2D eigenvalue weighted by Gasteiger charge is -2.30. The van der Waals surface area contributed by atoms with Gasteiger partial charge in [-0.2, -0.15) is 4.31 Å². The second kappa shape index (κ2) is 8.71. The third-order valence-electron chi connectivity index (χ3n) is 5.74. The van der Waals surface area contributed by atoms with E-state index in [9.17, 15) is 18.3 Å². The van der Waals surface area contributed by atoms with Crippen molar-refractivity contribution >= 4 is 15.9 Å². The smallest absolute Gasteiger partial charge is 0.251 e. The van der Waals surface area contributed by atoms with Crippen LogP contribution in [0.2, 0.25) is 0 Å². The quantitative estimate of drug-likeness (QED) is 0.773. The Hall–Kier alpha value is -1.44. The summed E-state index contributed by atoms with van der Waals surface area (Å²) < 4.78 is 27.9. The molecule has 0 radical (unpaired) electrons. The van der Waals surface area contributed by atoms with Crippen molar-refractivity contribution in [2.75, 3.05) is 19.7 Å². The first-order valence-corrected chi connectivity index (χ1v) is 11.0. The van der Waals surface area contributed by atoms with Gasteiger partial charge in [-0.1, -0.05) is 13.8 Å². The lowest BCUT2D eigenvalue weighted by Crippen LogP contribution is -2.39. The summed E-state index contributed by atoms with van der Waals surface area (Å²) in [5, 5.41) is 12.1. The van der Waals surface area contributed by atoms with E-state index in [0.717, 1.165) is 18.4 Å². The Labute approximate surface area is 163 Å². The summed E-state index contributed by atoms with van der Waals surface area (Å²) in [6.45, 7) is 10.4. The maximum Gasteiger partial charge on any atom is 0.251 e. The number of hydrogen-bond donors (Lipinski definition) is 2. The van der Waals surface area contributed by atoms with E-state index >= 15 is 0 Å². The molecule has 27 heavy (non-hydrogen) atoms. The number of amides is 1. The van der Waals surface area contributed by atoms with Gasteiger partial charge < -0.3 is 10.4 Å². The maximum atomic E-state index is 13.2. The van der Waals surface area contributed by atoms with Crippen molar-refractivity contribution in [2.24, 2.45) is 11.8 Å². The van der Waals surface area contributed by atoms with E-state index in [1.165, 1.54) is 10.4 Å². The van der Waals surface area contributed by atoms with Gasteiger partial charge >= 0.3 is 0 Å². The summed E-state index contributed by atoms with van der Waals surface area (Å²) in [6.07, 6.45) is 1.71. The number of aliphatic hydroxyl groups excluding tert-OH is 1. The van der Waals surface area contributed by atoms with Crippen LogP contribution in [0.25, 0.3) is 0 Å². The molecule has 0 bridgehead atoms. The summed E-state index contributed by atoms with van der Waals surface area (Å²) in [5.41, 5.74) is 1.79. The number of nitrogens with one attached hydrogen (secondary N) is 1. The largest absolute Gasteiger partial charge is 0.396 e. The molecule has 2 atom stereocenters. The molecule has 2 N–H and O–H groups in total. The molecule has 0 saturated carbocycles. The van der Waals surface area contributed by atoms with Gasteiger partial charge in [-0.15, -0.1) is 0 Å². The molecule has 1 fully saturated rings. The predicted molar refractivity (Wildman–Crippen MR) is 106 cm³/mol. The first kappa shape index (κ1) is 21.9. The SMILES string of the molecule is Cc1cc(C(=O)N[C@@H](C)[C@H](C)CO)cc(S(=O)(=O)N2CCC(C)CC2)c1C. The second-order valence-corrected chi connectivity index (χ2v) is 9.83. The summed E-state index contributed by atoms with van der Waals surface area (Å²) in [7, 11) is -3.63. The monoisotopic (exact) mass is 396 g/mol. The minimum atomic E-state index is -3.63. The molecule has 0 spiro atoms. The van der Waals surface area contributed by atoms with Crippen LogP contribution in [-0.4, -0.2) is 49.5 Å². The predicted octanol–water partition coefficient (Wildman–Crippen LogP) is 2.47. The van der Waals surface area contributed by atoms with Gasteiger partial charge in [0.25, 0.3) is 5.91 Å². The number of nitrogens with zero attached hydrogens (tertiary/aromatic N) is 1. The van der Waals surface area contributed by atoms with Gasteiger partial charge in [0.15, 0.2) is 0 Å².